The number of methoxy groups -OCH3 is 1. The normalized spacial score (nSPS) is 11.9. The molecule has 8 heteroatoms. The van der Waals surface area contributed by atoms with E-state index >= 15 is 0 Å². The lowest BCUT2D eigenvalue weighted by molar-refractivity contribution is -0.383. The number of anilines is 1. The highest BCUT2D eigenvalue weighted by molar-refractivity contribution is 5.96. The molecule has 0 saturated heterocycles. The third-order valence-electron chi connectivity index (χ3n) is 4.79. The summed E-state index contributed by atoms with van der Waals surface area (Å²) in [4.78, 5) is 19.9. The number of ether oxygens (including phenoxy) is 1. The van der Waals surface area contributed by atoms with Crippen LogP contribution in [0.25, 0.3) is 10.9 Å². The largest absolute Gasteiger partial charge is 0.497 e. The van der Waals surface area contributed by atoms with Crippen molar-refractivity contribution in [3.63, 3.8) is 0 Å². The second-order valence-corrected chi connectivity index (χ2v) is 6.54. The molecule has 0 radical (unpaired) electrons. The van der Waals surface area contributed by atoms with Crippen molar-refractivity contribution in [1.82, 2.24) is 14.5 Å². The number of rotatable bonds is 6. The highest BCUT2D eigenvalue weighted by Crippen LogP contribution is 2.34. The summed E-state index contributed by atoms with van der Waals surface area (Å²) in [6, 6.07) is 14.0. The number of pyridine rings is 1. The lowest BCUT2D eigenvalue weighted by Crippen LogP contribution is -2.17. The number of benzene rings is 2. The van der Waals surface area contributed by atoms with Crippen LogP contribution in [0, 0.1) is 10.1 Å². The van der Waals surface area contributed by atoms with Gasteiger partial charge in [0.25, 0.3) is 5.69 Å². The predicted molar refractivity (Wildman–Crippen MR) is 110 cm³/mol. The van der Waals surface area contributed by atoms with Crippen molar-refractivity contribution in [2.75, 3.05) is 12.4 Å². The van der Waals surface area contributed by atoms with Crippen molar-refractivity contribution < 1.29 is 9.66 Å². The molecule has 0 aliphatic rings. The molecule has 0 bridgehead atoms. The van der Waals surface area contributed by atoms with E-state index in [9.17, 15) is 10.1 Å². The first-order valence-electron chi connectivity index (χ1n) is 8.98. The summed E-state index contributed by atoms with van der Waals surface area (Å²) in [5.41, 5.74) is 2.18. The number of nitrogens with zero attached hydrogens (tertiary/aromatic N) is 4. The molecule has 0 saturated carbocycles. The zero-order valence-electron chi connectivity index (χ0n) is 15.9. The molecule has 0 amide bonds. The molecular weight excluding hydrogens is 370 g/mol. The van der Waals surface area contributed by atoms with E-state index in [1.165, 1.54) is 6.07 Å². The quantitative estimate of drug-likeness (QED) is 0.394. The van der Waals surface area contributed by atoms with Gasteiger partial charge in [-0.15, -0.1) is 0 Å². The summed E-state index contributed by atoms with van der Waals surface area (Å²) in [7, 11) is 3.54. The SMILES string of the molecule is COc1cccc([C@H](Nc2ccc([N+](=O)[O-])c3cccnc23)c2nccn2C)c1. The molecule has 1 N–H and O–H groups in total. The van der Waals surface area contributed by atoms with Gasteiger partial charge in [-0.05, 0) is 35.9 Å². The Bertz CT molecular complexity index is 1190. The number of fused-ring (bicyclic) bond motifs is 1. The van der Waals surface area contributed by atoms with Crippen LogP contribution in [-0.2, 0) is 7.05 Å². The summed E-state index contributed by atoms with van der Waals surface area (Å²) in [5, 5.41) is 15.4. The van der Waals surface area contributed by atoms with E-state index < -0.39 is 4.92 Å². The van der Waals surface area contributed by atoms with E-state index in [-0.39, 0.29) is 11.7 Å². The molecule has 0 spiro atoms. The molecule has 29 heavy (non-hydrogen) atoms. The second kappa shape index (κ2) is 7.59. The molecule has 2 heterocycles. The first kappa shape index (κ1) is 18.4. The van der Waals surface area contributed by atoms with Gasteiger partial charge in [-0.1, -0.05) is 12.1 Å². The van der Waals surface area contributed by atoms with Gasteiger partial charge in [-0.2, -0.15) is 0 Å². The van der Waals surface area contributed by atoms with Crippen molar-refractivity contribution in [2.24, 2.45) is 7.05 Å². The van der Waals surface area contributed by atoms with Crippen molar-refractivity contribution in [3.05, 3.63) is 88.6 Å². The standard InChI is InChI=1S/C21H19N5O3/c1-25-12-11-23-21(25)19(14-5-3-6-15(13-14)29-2)24-17-8-9-18(26(27)28)16-7-4-10-22-20(16)17/h3-13,19,24H,1-2H3/t19-/m0/s1. The fraction of sp³-hybridized carbons (Fsp3) is 0.143. The Morgan fingerprint density at radius 3 is 2.72 bits per heavy atom. The molecule has 2 aromatic carbocycles. The summed E-state index contributed by atoms with van der Waals surface area (Å²) in [6.45, 7) is 0. The van der Waals surface area contributed by atoms with Crippen LogP contribution in [0.5, 0.6) is 5.75 Å². The molecule has 0 aliphatic carbocycles. The number of non-ortho nitro benzene ring substituents is 1. The number of hydrogen-bond donors (Lipinski definition) is 1. The lowest BCUT2D eigenvalue weighted by Gasteiger charge is -2.21. The molecule has 0 unspecified atom stereocenters. The first-order chi connectivity index (χ1) is 14.1. The van der Waals surface area contributed by atoms with Gasteiger partial charge in [0.1, 0.15) is 23.1 Å². The average Bonchev–Trinajstić information content (AvgIpc) is 3.17. The van der Waals surface area contributed by atoms with Gasteiger partial charge < -0.3 is 14.6 Å². The highest BCUT2D eigenvalue weighted by atomic mass is 16.6. The van der Waals surface area contributed by atoms with E-state index in [1.807, 2.05) is 42.1 Å². The van der Waals surface area contributed by atoms with Gasteiger partial charge in [0.2, 0.25) is 0 Å². The third kappa shape index (κ3) is 3.47. The highest BCUT2D eigenvalue weighted by Gasteiger charge is 2.22. The summed E-state index contributed by atoms with van der Waals surface area (Å²) in [6.07, 6.45) is 5.23. The minimum absolute atomic E-state index is 0.0218. The number of nitro benzene ring substituents is 1. The Labute approximate surface area is 166 Å². The maximum Gasteiger partial charge on any atom is 0.278 e. The Morgan fingerprint density at radius 2 is 2.00 bits per heavy atom. The summed E-state index contributed by atoms with van der Waals surface area (Å²) in [5.74, 6) is 1.52. The summed E-state index contributed by atoms with van der Waals surface area (Å²) >= 11 is 0. The number of hydrogen-bond acceptors (Lipinski definition) is 6. The molecule has 4 aromatic rings. The number of aryl methyl sites for hydroxylation is 1. The molecular formula is C21H19N5O3. The van der Waals surface area contributed by atoms with Crippen molar-refractivity contribution in [2.45, 2.75) is 6.04 Å². The molecule has 0 aliphatic heterocycles. The number of aromatic nitrogens is 3. The van der Waals surface area contributed by atoms with Crippen molar-refractivity contribution in [3.8, 4) is 5.75 Å². The van der Waals surface area contributed by atoms with E-state index in [0.29, 0.717) is 16.6 Å². The smallest absolute Gasteiger partial charge is 0.278 e. The van der Waals surface area contributed by atoms with E-state index in [2.05, 4.69) is 15.3 Å². The molecule has 0 fully saturated rings. The Hall–Kier alpha value is -3.94. The van der Waals surface area contributed by atoms with Crippen LogP contribution in [0.15, 0.2) is 67.1 Å². The molecule has 1 atom stereocenters. The molecule has 146 valence electrons. The van der Waals surface area contributed by atoms with Gasteiger partial charge in [-0.3, -0.25) is 15.1 Å². The average molecular weight is 389 g/mol. The van der Waals surface area contributed by atoms with Crippen LogP contribution >= 0.6 is 0 Å². The zero-order chi connectivity index (χ0) is 20.4. The third-order valence-corrected chi connectivity index (χ3v) is 4.79. The van der Waals surface area contributed by atoms with Crippen molar-refractivity contribution in [1.29, 1.82) is 0 Å². The fourth-order valence-corrected chi connectivity index (χ4v) is 3.36. The number of nitro groups is 1. The monoisotopic (exact) mass is 389 g/mol. The number of imidazole rings is 1. The summed E-state index contributed by atoms with van der Waals surface area (Å²) < 4.78 is 7.30. The predicted octanol–water partition coefficient (Wildman–Crippen LogP) is 4.09. The van der Waals surface area contributed by atoms with Crippen LogP contribution in [0.1, 0.15) is 17.4 Å². The van der Waals surface area contributed by atoms with E-state index in [1.54, 1.807) is 37.7 Å². The first-order valence-corrected chi connectivity index (χ1v) is 8.98. The van der Waals surface area contributed by atoms with Gasteiger partial charge in [-0.25, -0.2) is 4.98 Å². The van der Waals surface area contributed by atoms with E-state index in [4.69, 9.17) is 4.74 Å². The van der Waals surface area contributed by atoms with Gasteiger partial charge in [0.15, 0.2) is 0 Å². The topological polar surface area (TPSA) is 95.1 Å². The maximum atomic E-state index is 11.4. The Balaban J connectivity index is 1.85. The molecule has 8 nitrogen and oxygen atoms in total. The zero-order valence-corrected chi connectivity index (χ0v) is 15.9. The van der Waals surface area contributed by atoms with Gasteiger partial charge in [0, 0.05) is 31.7 Å². The lowest BCUT2D eigenvalue weighted by atomic mass is 10.0. The van der Waals surface area contributed by atoms with Gasteiger partial charge >= 0.3 is 0 Å². The maximum absolute atomic E-state index is 11.4. The van der Waals surface area contributed by atoms with Crippen LogP contribution in [-0.4, -0.2) is 26.6 Å². The van der Waals surface area contributed by atoms with E-state index in [0.717, 1.165) is 17.1 Å². The van der Waals surface area contributed by atoms with Crippen LogP contribution < -0.4 is 10.1 Å². The van der Waals surface area contributed by atoms with Crippen LogP contribution in [0.3, 0.4) is 0 Å². The minimum atomic E-state index is -0.397. The second-order valence-electron chi connectivity index (χ2n) is 6.54. The molecule has 4 rings (SSSR count). The van der Waals surface area contributed by atoms with Crippen LogP contribution in [0.2, 0.25) is 0 Å². The minimum Gasteiger partial charge on any atom is -0.497 e. The van der Waals surface area contributed by atoms with Crippen molar-refractivity contribution >= 4 is 22.3 Å². The van der Waals surface area contributed by atoms with Gasteiger partial charge in [0.05, 0.1) is 23.1 Å². The van der Waals surface area contributed by atoms with Crippen LogP contribution in [0.4, 0.5) is 11.4 Å². The fourth-order valence-electron chi connectivity index (χ4n) is 3.36. The molecule has 2 aromatic heterocycles. The Kier molecular flexibility index (Phi) is 4.82. The number of nitrogens with one attached hydrogen (secondary N) is 1. The Morgan fingerprint density at radius 1 is 1.14 bits per heavy atom.